The number of carbonyl (C=O) groups excluding carboxylic acids is 2. The van der Waals surface area contributed by atoms with Gasteiger partial charge in [0, 0.05) is 42.3 Å². The molecule has 7 nitrogen and oxygen atoms in total. The van der Waals surface area contributed by atoms with Gasteiger partial charge < -0.3 is 14.5 Å². The van der Waals surface area contributed by atoms with Crippen LogP contribution in [0.5, 0.6) is 5.75 Å². The Labute approximate surface area is 201 Å². The molecule has 1 aromatic heterocycles. The molecular weight excluding hydrogens is 460 g/mol. The van der Waals surface area contributed by atoms with Gasteiger partial charge in [0.15, 0.2) is 6.61 Å². The van der Waals surface area contributed by atoms with Crippen molar-refractivity contribution in [2.45, 2.75) is 13.5 Å². The van der Waals surface area contributed by atoms with Crippen LogP contribution in [-0.2, 0) is 11.3 Å². The fourth-order valence-electron chi connectivity index (χ4n) is 4.10. The Kier molecular flexibility index (Phi) is 5.95. The number of anilines is 2. The van der Waals surface area contributed by atoms with Crippen molar-refractivity contribution in [1.82, 2.24) is 9.88 Å². The summed E-state index contributed by atoms with van der Waals surface area (Å²) in [6.45, 7) is 5.02. The van der Waals surface area contributed by atoms with Gasteiger partial charge in [-0.15, -0.1) is 11.3 Å². The molecule has 0 saturated carbocycles. The number of halogens is 1. The standard InChI is InChI=1S/C24H23ClN4O3S/c1-16-5-6-20-21(11-16)32-14-23(30)29(20)13-22-26-19(15-33-22)24(31)28-9-7-27(8-10-28)18-4-2-3-17(25)12-18/h2-6,11-12,15H,7-10,13-14H2,1H3. The van der Waals surface area contributed by atoms with E-state index in [1.165, 1.54) is 11.3 Å². The number of fused-ring (bicyclic) bond motifs is 1. The Morgan fingerprint density at radius 1 is 1.15 bits per heavy atom. The molecular formula is C24H23ClN4O3S. The minimum Gasteiger partial charge on any atom is -0.482 e. The molecule has 9 heteroatoms. The third-order valence-electron chi connectivity index (χ3n) is 5.86. The summed E-state index contributed by atoms with van der Waals surface area (Å²) in [7, 11) is 0. The summed E-state index contributed by atoms with van der Waals surface area (Å²) in [5.74, 6) is 0.499. The van der Waals surface area contributed by atoms with Gasteiger partial charge in [0.1, 0.15) is 16.5 Å². The maximum absolute atomic E-state index is 13.0. The van der Waals surface area contributed by atoms with Gasteiger partial charge in [0.05, 0.1) is 12.2 Å². The van der Waals surface area contributed by atoms with Crippen molar-refractivity contribution in [2.24, 2.45) is 0 Å². The molecule has 0 N–H and O–H groups in total. The second-order valence-electron chi connectivity index (χ2n) is 8.13. The van der Waals surface area contributed by atoms with Crippen LogP contribution in [0.3, 0.4) is 0 Å². The maximum Gasteiger partial charge on any atom is 0.273 e. The molecule has 2 aromatic carbocycles. The number of thiazole rings is 1. The highest BCUT2D eigenvalue weighted by atomic mass is 35.5. The SMILES string of the molecule is Cc1ccc2c(c1)OCC(=O)N2Cc1nc(C(=O)N2CCN(c3cccc(Cl)c3)CC2)cs1. The zero-order valence-electron chi connectivity index (χ0n) is 18.2. The van der Waals surface area contributed by atoms with E-state index in [0.29, 0.717) is 36.1 Å². The number of hydrogen-bond donors (Lipinski definition) is 0. The maximum atomic E-state index is 13.0. The van der Waals surface area contributed by atoms with Gasteiger partial charge in [-0.2, -0.15) is 0 Å². The fraction of sp³-hybridized carbons (Fsp3) is 0.292. The largest absolute Gasteiger partial charge is 0.482 e. The molecule has 0 spiro atoms. The van der Waals surface area contributed by atoms with Crippen molar-refractivity contribution in [1.29, 1.82) is 0 Å². The Hall–Kier alpha value is -3.10. The molecule has 33 heavy (non-hydrogen) atoms. The molecule has 5 rings (SSSR count). The van der Waals surface area contributed by atoms with Crippen molar-refractivity contribution in [2.75, 3.05) is 42.6 Å². The molecule has 1 fully saturated rings. The van der Waals surface area contributed by atoms with Gasteiger partial charge in [0.25, 0.3) is 11.8 Å². The third-order valence-corrected chi connectivity index (χ3v) is 6.93. The Morgan fingerprint density at radius 2 is 1.97 bits per heavy atom. The first-order chi connectivity index (χ1) is 16.0. The molecule has 0 aliphatic carbocycles. The lowest BCUT2D eigenvalue weighted by Gasteiger charge is -2.35. The van der Waals surface area contributed by atoms with E-state index in [1.807, 2.05) is 54.3 Å². The number of hydrogen-bond acceptors (Lipinski definition) is 6. The quantitative estimate of drug-likeness (QED) is 0.562. The third kappa shape index (κ3) is 4.54. The number of amides is 2. The van der Waals surface area contributed by atoms with Crippen molar-refractivity contribution >= 4 is 46.1 Å². The van der Waals surface area contributed by atoms with Crippen LogP contribution in [0.4, 0.5) is 11.4 Å². The lowest BCUT2D eigenvalue weighted by molar-refractivity contribution is -0.121. The van der Waals surface area contributed by atoms with E-state index in [2.05, 4.69) is 9.88 Å². The van der Waals surface area contributed by atoms with E-state index >= 15 is 0 Å². The molecule has 0 atom stereocenters. The molecule has 2 aliphatic heterocycles. The van der Waals surface area contributed by atoms with E-state index in [1.54, 1.807) is 10.3 Å². The van der Waals surface area contributed by atoms with Crippen molar-refractivity contribution in [3.05, 3.63) is 69.1 Å². The number of benzene rings is 2. The minimum atomic E-state index is -0.119. The van der Waals surface area contributed by atoms with Crippen molar-refractivity contribution < 1.29 is 14.3 Å². The van der Waals surface area contributed by atoms with Crippen LogP contribution in [0, 0.1) is 6.92 Å². The zero-order chi connectivity index (χ0) is 22.9. The first-order valence-corrected chi connectivity index (χ1v) is 12.0. The van der Waals surface area contributed by atoms with Crippen LogP contribution in [-0.4, -0.2) is 54.5 Å². The normalized spacial score (nSPS) is 15.9. The highest BCUT2D eigenvalue weighted by Gasteiger charge is 2.28. The Bertz CT molecular complexity index is 1210. The summed E-state index contributed by atoms with van der Waals surface area (Å²) in [5, 5.41) is 3.21. The summed E-state index contributed by atoms with van der Waals surface area (Å²) in [5.41, 5.74) is 3.30. The van der Waals surface area contributed by atoms with Crippen LogP contribution in [0.1, 0.15) is 21.1 Å². The molecule has 3 heterocycles. The molecule has 0 bridgehead atoms. The van der Waals surface area contributed by atoms with E-state index in [-0.39, 0.29) is 18.4 Å². The average Bonchev–Trinajstić information content (AvgIpc) is 3.29. The van der Waals surface area contributed by atoms with Crippen molar-refractivity contribution in [3.63, 3.8) is 0 Å². The highest BCUT2D eigenvalue weighted by molar-refractivity contribution is 7.09. The minimum absolute atomic E-state index is 0.00448. The number of piperazine rings is 1. The van der Waals surface area contributed by atoms with Crippen LogP contribution < -0.4 is 14.5 Å². The second kappa shape index (κ2) is 9.03. The lowest BCUT2D eigenvalue weighted by Crippen LogP contribution is -2.48. The fourth-order valence-corrected chi connectivity index (χ4v) is 5.05. The summed E-state index contributed by atoms with van der Waals surface area (Å²) in [4.78, 5) is 35.8. The average molecular weight is 483 g/mol. The number of ether oxygens (including phenoxy) is 1. The van der Waals surface area contributed by atoms with Gasteiger partial charge in [0.2, 0.25) is 0 Å². The number of nitrogens with zero attached hydrogens (tertiary/aromatic N) is 4. The smallest absolute Gasteiger partial charge is 0.273 e. The van der Waals surface area contributed by atoms with Crippen LogP contribution in [0.15, 0.2) is 47.8 Å². The van der Waals surface area contributed by atoms with Gasteiger partial charge in [-0.3, -0.25) is 14.5 Å². The molecule has 2 amide bonds. The summed E-state index contributed by atoms with van der Waals surface area (Å²) >= 11 is 7.51. The molecule has 170 valence electrons. The number of aryl methyl sites for hydroxylation is 1. The van der Waals surface area contributed by atoms with Gasteiger partial charge >= 0.3 is 0 Å². The Morgan fingerprint density at radius 3 is 2.76 bits per heavy atom. The van der Waals surface area contributed by atoms with E-state index < -0.39 is 0 Å². The van der Waals surface area contributed by atoms with Crippen LogP contribution >= 0.6 is 22.9 Å². The lowest BCUT2D eigenvalue weighted by atomic mass is 10.1. The topological polar surface area (TPSA) is 66.0 Å². The van der Waals surface area contributed by atoms with E-state index in [4.69, 9.17) is 16.3 Å². The summed E-state index contributed by atoms with van der Waals surface area (Å²) < 4.78 is 5.57. The monoisotopic (exact) mass is 482 g/mol. The summed E-state index contributed by atoms with van der Waals surface area (Å²) in [6.07, 6.45) is 0. The van der Waals surface area contributed by atoms with Crippen LogP contribution in [0.25, 0.3) is 0 Å². The predicted octanol–water partition coefficient (Wildman–Crippen LogP) is 3.99. The first-order valence-electron chi connectivity index (χ1n) is 10.8. The van der Waals surface area contributed by atoms with Gasteiger partial charge in [-0.25, -0.2) is 4.98 Å². The predicted molar refractivity (Wildman–Crippen MR) is 130 cm³/mol. The summed E-state index contributed by atoms with van der Waals surface area (Å²) in [6, 6.07) is 13.5. The van der Waals surface area contributed by atoms with Gasteiger partial charge in [-0.1, -0.05) is 23.7 Å². The second-order valence-corrected chi connectivity index (χ2v) is 9.50. The van der Waals surface area contributed by atoms with Crippen molar-refractivity contribution in [3.8, 4) is 5.75 Å². The van der Waals surface area contributed by atoms with Crippen LogP contribution in [0.2, 0.25) is 5.02 Å². The zero-order valence-corrected chi connectivity index (χ0v) is 19.7. The highest BCUT2D eigenvalue weighted by Crippen LogP contribution is 2.34. The number of rotatable bonds is 4. The first kappa shape index (κ1) is 21.7. The number of carbonyl (C=O) groups is 2. The molecule has 0 unspecified atom stereocenters. The Balaban J connectivity index is 1.24. The molecule has 1 saturated heterocycles. The molecule has 3 aromatic rings. The van der Waals surface area contributed by atoms with E-state index in [0.717, 1.165) is 35.0 Å². The molecule has 2 aliphatic rings. The number of aromatic nitrogens is 1. The molecule has 0 radical (unpaired) electrons. The van der Waals surface area contributed by atoms with Gasteiger partial charge in [-0.05, 0) is 42.8 Å². The van der Waals surface area contributed by atoms with E-state index in [9.17, 15) is 9.59 Å².